The number of carbonyl (C=O) groups is 1. The maximum Gasteiger partial charge on any atom is 0.307 e. The van der Waals surface area contributed by atoms with Crippen molar-refractivity contribution in [2.75, 3.05) is 17.1 Å². The predicted molar refractivity (Wildman–Crippen MR) is 129 cm³/mol. The molecule has 0 amide bonds. The lowest BCUT2D eigenvalue weighted by atomic mass is 10.0. The summed E-state index contributed by atoms with van der Waals surface area (Å²) in [7, 11) is -7.92. The fourth-order valence-corrected chi connectivity index (χ4v) is 5.53. The van der Waals surface area contributed by atoms with Gasteiger partial charge in [-0.15, -0.1) is 0 Å². The number of nitrogen functional groups attached to an aromatic ring is 1. The molecule has 0 fully saturated rings. The van der Waals surface area contributed by atoms with Crippen LogP contribution >= 0.6 is 0 Å². The van der Waals surface area contributed by atoms with Crippen molar-refractivity contribution in [2.24, 2.45) is 0 Å². The Morgan fingerprint density at radius 1 is 0.882 bits per heavy atom. The summed E-state index contributed by atoms with van der Waals surface area (Å²) in [4.78, 5) is 12.2. The second-order valence-corrected chi connectivity index (χ2v) is 10.7. The van der Waals surface area contributed by atoms with Crippen molar-refractivity contribution in [3.8, 4) is 0 Å². The number of nitrogens with one attached hydrogen (secondary N) is 2. The molecular formula is C23H25N3O6S2. The number of esters is 1. The summed E-state index contributed by atoms with van der Waals surface area (Å²) in [6.07, 6.45) is -0.286. The highest BCUT2D eigenvalue weighted by Crippen LogP contribution is 2.25. The van der Waals surface area contributed by atoms with Crippen LogP contribution in [0.1, 0.15) is 24.9 Å². The van der Waals surface area contributed by atoms with Gasteiger partial charge in [0.25, 0.3) is 10.0 Å². The summed E-state index contributed by atoms with van der Waals surface area (Å²) >= 11 is 0. The number of carbonyl (C=O) groups excluding carboxylic acids is 1. The minimum Gasteiger partial charge on any atom is -0.466 e. The minimum atomic E-state index is -3.97. The maximum atomic E-state index is 12.9. The lowest BCUT2D eigenvalue weighted by Crippen LogP contribution is -2.31. The average molecular weight is 504 g/mol. The van der Waals surface area contributed by atoms with Gasteiger partial charge in [0, 0.05) is 11.4 Å². The molecule has 0 saturated carbocycles. The number of hydrogen-bond acceptors (Lipinski definition) is 7. The second-order valence-electron chi connectivity index (χ2n) is 7.30. The average Bonchev–Trinajstić information content (AvgIpc) is 2.79. The monoisotopic (exact) mass is 503 g/mol. The molecule has 3 aromatic rings. The second kappa shape index (κ2) is 10.7. The standard InChI is InChI=1S/C23H25N3O6S2/c1-2-32-23(27)16-22(26-33(28,29)20-11-4-3-5-12-20)17-8-6-10-19(14-17)25-34(30,31)21-13-7-9-18(24)15-21/h3-15,22,25-26H,2,16,24H2,1H3. The fourth-order valence-electron chi connectivity index (χ4n) is 3.18. The molecule has 34 heavy (non-hydrogen) atoms. The molecule has 0 radical (unpaired) electrons. The van der Waals surface area contributed by atoms with Gasteiger partial charge in [0.1, 0.15) is 0 Å². The van der Waals surface area contributed by atoms with Crippen LogP contribution in [0.5, 0.6) is 0 Å². The first-order valence-electron chi connectivity index (χ1n) is 10.3. The van der Waals surface area contributed by atoms with Gasteiger partial charge in [-0.1, -0.05) is 36.4 Å². The first kappa shape index (κ1) is 25.2. The van der Waals surface area contributed by atoms with Crippen LogP contribution in [0.15, 0.2) is 88.7 Å². The largest absolute Gasteiger partial charge is 0.466 e. The van der Waals surface area contributed by atoms with Crippen LogP contribution in [-0.2, 0) is 29.6 Å². The van der Waals surface area contributed by atoms with E-state index in [-0.39, 0.29) is 28.5 Å². The van der Waals surface area contributed by atoms with Gasteiger partial charge in [-0.2, -0.15) is 0 Å². The van der Waals surface area contributed by atoms with Crippen molar-refractivity contribution in [1.29, 1.82) is 0 Å². The third-order valence-electron chi connectivity index (χ3n) is 4.74. The normalized spacial score (nSPS) is 12.6. The summed E-state index contributed by atoms with van der Waals surface area (Å²) in [5.41, 5.74) is 6.55. The zero-order valence-corrected chi connectivity index (χ0v) is 20.0. The molecule has 0 aromatic heterocycles. The highest BCUT2D eigenvalue weighted by atomic mass is 32.2. The Kier molecular flexibility index (Phi) is 7.92. The van der Waals surface area contributed by atoms with Crippen molar-refractivity contribution < 1.29 is 26.4 Å². The Balaban J connectivity index is 1.92. The van der Waals surface area contributed by atoms with E-state index in [0.29, 0.717) is 11.3 Å². The molecule has 11 heteroatoms. The molecule has 3 rings (SSSR count). The first-order valence-corrected chi connectivity index (χ1v) is 13.3. The number of ether oxygens (including phenoxy) is 1. The molecule has 0 spiro atoms. The van der Waals surface area contributed by atoms with Gasteiger partial charge in [0.15, 0.2) is 0 Å². The number of hydrogen-bond donors (Lipinski definition) is 3. The number of anilines is 2. The predicted octanol–water partition coefficient (Wildman–Crippen LogP) is 3.04. The summed E-state index contributed by atoms with van der Waals surface area (Å²) in [5.74, 6) is -0.603. The number of nitrogens with two attached hydrogens (primary N) is 1. The van der Waals surface area contributed by atoms with E-state index in [9.17, 15) is 21.6 Å². The molecule has 0 heterocycles. The third-order valence-corrected chi connectivity index (χ3v) is 7.60. The van der Waals surface area contributed by atoms with E-state index < -0.39 is 32.1 Å². The molecule has 0 bridgehead atoms. The van der Waals surface area contributed by atoms with Crippen molar-refractivity contribution in [3.63, 3.8) is 0 Å². The van der Waals surface area contributed by atoms with Gasteiger partial charge < -0.3 is 10.5 Å². The topological polar surface area (TPSA) is 145 Å². The molecule has 1 unspecified atom stereocenters. The SMILES string of the molecule is CCOC(=O)CC(NS(=O)(=O)c1ccccc1)c1cccc(NS(=O)(=O)c2cccc(N)c2)c1. The van der Waals surface area contributed by atoms with Crippen molar-refractivity contribution >= 4 is 37.4 Å². The van der Waals surface area contributed by atoms with E-state index in [1.807, 2.05) is 0 Å². The zero-order valence-electron chi connectivity index (χ0n) is 18.3. The van der Waals surface area contributed by atoms with Gasteiger partial charge in [-0.05, 0) is 55.0 Å². The fraction of sp³-hybridized carbons (Fsp3) is 0.174. The number of rotatable bonds is 10. The van der Waals surface area contributed by atoms with E-state index in [4.69, 9.17) is 10.5 Å². The molecule has 0 aliphatic carbocycles. The molecule has 0 aliphatic rings. The molecule has 0 saturated heterocycles. The highest BCUT2D eigenvalue weighted by molar-refractivity contribution is 7.92. The zero-order chi connectivity index (χ0) is 24.8. The lowest BCUT2D eigenvalue weighted by molar-refractivity contribution is -0.143. The summed E-state index contributed by atoms with van der Waals surface area (Å²) in [6.45, 7) is 1.78. The van der Waals surface area contributed by atoms with Crippen molar-refractivity contribution in [1.82, 2.24) is 4.72 Å². The Bertz CT molecular complexity index is 1360. The summed E-state index contributed by atoms with van der Waals surface area (Å²) in [5, 5.41) is 0. The molecular weight excluding hydrogens is 478 g/mol. The summed E-state index contributed by atoms with van der Waals surface area (Å²) < 4.78 is 61.3. The molecule has 180 valence electrons. The minimum absolute atomic E-state index is 0.0224. The number of sulfonamides is 2. The molecule has 1 atom stereocenters. The number of benzene rings is 3. The molecule has 3 aromatic carbocycles. The Morgan fingerprint density at radius 3 is 2.24 bits per heavy atom. The van der Waals surface area contributed by atoms with E-state index >= 15 is 0 Å². The van der Waals surface area contributed by atoms with Gasteiger partial charge in [-0.25, -0.2) is 21.6 Å². The smallest absolute Gasteiger partial charge is 0.307 e. The van der Waals surface area contributed by atoms with Crippen LogP contribution in [0, 0.1) is 0 Å². The van der Waals surface area contributed by atoms with Crippen molar-refractivity contribution in [2.45, 2.75) is 29.2 Å². The molecule has 0 aliphatic heterocycles. The Morgan fingerprint density at radius 2 is 1.56 bits per heavy atom. The molecule has 4 N–H and O–H groups in total. The van der Waals surface area contributed by atoms with Gasteiger partial charge in [0.2, 0.25) is 10.0 Å². The van der Waals surface area contributed by atoms with E-state index in [0.717, 1.165) is 0 Å². The molecule has 9 nitrogen and oxygen atoms in total. The van der Waals surface area contributed by atoms with Gasteiger partial charge in [-0.3, -0.25) is 9.52 Å². The van der Waals surface area contributed by atoms with Crippen LogP contribution in [0.2, 0.25) is 0 Å². The van der Waals surface area contributed by atoms with Crippen LogP contribution in [0.25, 0.3) is 0 Å². The third kappa shape index (κ3) is 6.56. The Labute approximate surface area is 199 Å². The van der Waals surface area contributed by atoms with E-state index in [1.165, 1.54) is 42.5 Å². The first-order chi connectivity index (χ1) is 16.1. The lowest BCUT2D eigenvalue weighted by Gasteiger charge is -2.20. The van der Waals surface area contributed by atoms with E-state index in [1.54, 1.807) is 43.3 Å². The van der Waals surface area contributed by atoms with Crippen molar-refractivity contribution in [3.05, 3.63) is 84.4 Å². The van der Waals surface area contributed by atoms with Crippen LogP contribution in [0.3, 0.4) is 0 Å². The van der Waals surface area contributed by atoms with Gasteiger partial charge >= 0.3 is 5.97 Å². The Hall–Kier alpha value is -3.41. The van der Waals surface area contributed by atoms with Crippen LogP contribution in [-0.4, -0.2) is 29.4 Å². The maximum absolute atomic E-state index is 12.9. The van der Waals surface area contributed by atoms with Crippen LogP contribution in [0.4, 0.5) is 11.4 Å². The van der Waals surface area contributed by atoms with Gasteiger partial charge in [0.05, 0.1) is 28.9 Å². The highest BCUT2D eigenvalue weighted by Gasteiger charge is 2.25. The summed E-state index contributed by atoms with van der Waals surface area (Å²) in [6, 6.07) is 18.7. The van der Waals surface area contributed by atoms with E-state index in [2.05, 4.69) is 9.44 Å². The van der Waals surface area contributed by atoms with Crippen LogP contribution < -0.4 is 15.2 Å². The quantitative estimate of drug-likeness (QED) is 0.285.